The molecule has 0 amide bonds. The fourth-order valence-corrected chi connectivity index (χ4v) is 8.57. The van der Waals surface area contributed by atoms with Crippen LogP contribution in [0.25, 0.3) is 0 Å². The van der Waals surface area contributed by atoms with Crippen LogP contribution in [0.4, 0.5) is 0 Å². The van der Waals surface area contributed by atoms with Crippen molar-refractivity contribution < 1.29 is 52.2 Å². The Bertz CT molecular complexity index is 1360. The van der Waals surface area contributed by atoms with Gasteiger partial charge in [0.2, 0.25) is 0 Å². The highest BCUT2D eigenvalue weighted by Gasteiger charge is 2.28. The monoisotopic (exact) mass is 1010 g/mol. The van der Waals surface area contributed by atoms with Crippen LogP contribution in [-0.4, -0.2) is 66.5 Å². The lowest BCUT2D eigenvalue weighted by molar-refractivity contribution is -0.161. The van der Waals surface area contributed by atoms with Gasteiger partial charge in [-0.3, -0.25) is 23.4 Å². The average molecular weight is 1010 g/mol. The predicted octanol–water partition coefficient (Wildman–Crippen LogP) is 16.6. The second-order valence-corrected chi connectivity index (χ2v) is 20.5. The van der Waals surface area contributed by atoms with E-state index in [9.17, 15) is 28.9 Å². The number of allylic oxidation sites excluding steroid dienone is 8. The molecule has 0 aromatic rings. The normalized spacial score (nSPS) is 13.7. The number of unbranched alkanes of at least 4 members (excludes halogenated alkanes) is 28. The summed E-state index contributed by atoms with van der Waals surface area (Å²) in [6.45, 7) is 4.58. The number of hydrogen-bond acceptors (Lipinski definition) is 10. The van der Waals surface area contributed by atoms with E-state index in [0.717, 1.165) is 122 Å². The van der Waals surface area contributed by atoms with Gasteiger partial charge < -0.3 is 24.2 Å². The summed E-state index contributed by atoms with van der Waals surface area (Å²) in [5.41, 5.74) is 0. The third-order valence-corrected chi connectivity index (χ3v) is 13.1. The molecule has 0 aliphatic rings. The van der Waals surface area contributed by atoms with Gasteiger partial charge in [-0.15, -0.1) is 0 Å². The molecule has 0 aromatic carbocycles. The number of aliphatic hydroxyl groups excluding tert-OH is 1. The van der Waals surface area contributed by atoms with E-state index in [-0.39, 0.29) is 25.9 Å². The fraction of sp³-hybridized carbons (Fsp3) is 0.810. The molecule has 0 fully saturated rings. The Morgan fingerprint density at radius 3 is 1.11 bits per heavy atom. The second kappa shape index (κ2) is 52.8. The lowest BCUT2D eigenvalue weighted by atomic mass is 10.1. The van der Waals surface area contributed by atoms with Gasteiger partial charge in [-0.25, -0.2) is 4.57 Å². The Hall–Kier alpha value is -2.56. The van der Waals surface area contributed by atoms with Crippen molar-refractivity contribution in [1.29, 1.82) is 0 Å². The summed E-state index contributed by atoms with van der Waals surface area (Å²) in [5.74, 6) is -1.49. The summed E-state index contributed by atoms with van der Waals surface area (Å²) >= 11 is 0. The molecule has 0 radical (unpaired) electrons. The summed E-state index contributed by atoms with van der Waals surface area (Å²) in [4.78, 5) is 48.5. The molecule has 3 atom stereocenters. The van der Waals surface area contributed by atoms with Crippen molar-refractivity contribution in [1.82, 2.24) is 0 Å². The first-order valence-electron chi connectivity index (χ1n) is 28.5. The van der Waals surface area contributed by atoms with E-state index in [0.29, 0.717) is 19.3 Å². The predicted molar refractivity (Wildman–Crippen MR) is 289 cm³/mol. The molecule has 3 unspecified atom stereocenters. The zero-order valence-electron chi connectivity index (χ0n) is 45.0. The van der Waals surface area contributed by atoms with Gasteiger partial charge in [0.15, 0.2) is 6.10 Å². The molecule has 408 valence electrons. The van der Waals surface area contributed by atoms with Crippen molar-refractivity contribution >= 4 is 25.7 Å². The molecule has 0 heterocycles. The molecule has 0 aromatic heterocycles. The number of hydrogen-bond donors (Lipinski definition) is 2. The van der Waals surface area contributed by atoms with Crippen molar-refractivity contribution in [2.75, 3.05) is 26.4 Å². The first kappa shape index (κ1) is 67.4. The molecule has 11 nitrogen and oxygen atoms in total. The summed E-state index contributed by atoms with van der Waals surface area (Å²) < 4.78 is 39.5. The van der Waals surface area contributed by atoms with Crippen LogP contribution in [-0.2, 0) is 42.2 Å². The minimum Gasteiger partial charge on any atom is -0.462 e. The SMILES string of the molecule is CCCCC/C=C\C/C=C\CCCCCCCC(=O)OCC(COP(=O)(O)OCC(CO)OC(=O)CCCCCCC/C=C\CCCCCC)OC(=O)CCCCCCC/C=C\CCCCCCCC. The Morgan fingerprint density at radius 2 is 0.700 bits per heavy atom. The van der Waals surface area contributed by atoms with Gasteiger partial charge in [-0.05, 0) is 103 Å². The average Bonchev–Trinajstić information content (AvgIpc) is 3.35. The summed E-state index contributed by atoms with van der Waals surface area (Å²) in [5, 5.41) is 9.80. The highest BCUT2D eigenvalue weighted by molar-refractivity contribution is 7.47. The number of aliphatic hydroxyl groups is 1. The van der Waals surface area contributed by atoms with Crippen LogP contribution in [0.3, 0.4) is 0 Å². The summed E-state index contributed by atoms with van der Waals surface area (Å²) in [6.07, 6.45) is 54.9. The van der Waals surface area contributed by atoms with Gasteiger partial charge in [0.05, 0.1) is 19.8 Å². The van der Waals surface area contributed by atoms with Crippen LogP contribution >= 0.6 is 7.82 Å². The highest BCUT2D eigenvalue weighted by atomic mass is 31.2. The maximum atomic E-state index is 12.9. The van der Waals surface area contributed by atoms with Gasteiger partial charge in [0.1, 0.15) is 12.7 Å². The Labute approximate surface area is 428 Å². The summed E-state index contributed by atoms with van der Waals surface area (Å²) in [7, 11) is -4.75. The molecular weight excluding hydrogens is 904 g/mol. The Balaban J connectivity index is 4.76. The van der Waals surface area contributed by atoms with Crippen LogP contribution in [0.15, 0.2) is 48.6 Å². The molecule has 0 saturated heterocycles. The maximum Gasteiger partial charge on any atom is 0.472 e. The number of esters is 3. The van der Waals surface area contributed by atoms with E-state index in [1.807, 2.05) is 0 Å². The third-order valence-electron chi connectivity index (χ3n) is 12.2. The molecule has 0 aliphatic carbocycles. The van der Waals surface area contributed by atoms with Crippen LogP contribution in [0.2, 0.25) is 0 Å². The van der Waals surface area contributed by atoms with Crippen molar-refractivity contribution in [3.63, 3.8) is 0 Å². The number of carbonyl (C=O) groups excluding carboxylic acids is 3. The van der Waals surface area contributed by atoms with Crippen molar-refractivity contribution in [2.24, 2.45) is 0 Å². The van der Waals surface area contributed by atoms with Gasteiger partial charge >= 0.3 is 25.7 Å². The Kier molecular flexibility index (Phi) is 50.8. The lowest BCUT2D eigenvalue weighted by Crippen LogP contribution is -2.30. The van der Waals surface area contributed by atoms with Gasteiger partial charge in [0.25, 0.3) is 0 Å². The van der Waals surface area contributed by atoms with E-state index < -0.39 is 57.8 Å². The van der Waals surface area contributed by atoms with Gasteiger partial charge in [0, 0.05) is 19.3 Å². The van der Waals surface area contributed by atoms with Crippen molar-refractivity contribution in [2.45, 2.75) is 277 Å². The maximum absolute atomic E-state index is 12.9. The largest absolute Gasteiger partial charge is 0.472 e. The van der Waals surface area contributed by atoms with E-state index in [1.165, 1.54) is 83.5 Å². The zero-order chi connectivity index (χ0) is 51.3. The smallest absolute Gasteiger partial charge is 0.462 e. The molecule has 12 heteroatoms. The van der Waals surface area contributed by atoms with E-state index in [2.05, 4.69) is 69.4 Å². The Morgan fingerprint density at radius 1 is 0.400 bits per heavy atom. The minimum absolute atomic E-state index is 0.155. The number of phosphoric acid groups is 1. The topological polar surface area (TPSA) is 155 Å². The molecule has 0 spiro atoms. The number of carbonyl (C=O) groups is 3. The number of phosphoric ester groups is 1. The summed E-state index contributed by atoms with van der Waals surface area (Å²) in [6, 6.07) is 0. The molecule has 70 heavy (non-hydrogen) atoms. The van der Waals surface area contributed by atoms with E-state index >= 15 is 0 Å². The zero-order valence-corrected chi connectivity index (χ0v) is 45.9. The van der Waals surface area contributed by atoms with Crippen LogP contribution in [0.1, 0.15) is 265 Å². The molecular formula is C58H105O11P. The second-order valence-electron chi connectivity index (χ2n) is 19.1. The van der Waals surface area contributed by atoms with Crippen LogP contribution < -0.4 is 0 Å². The van der Waals surface area contributed by atoms with E-state index in [4.69, 9.17) is 23.3 Å². The van der Waals surface area contributed by atoms with Gasteiger partial charge in [-0.2, -0.15) is 0 Å². The minimum atomic E-state index is -4.75. The molecule has 0 bridgehead atoms. The standard InChI is InChI=1S/C58H105O11P/c1-4-7-10-13-16-19-22-25-27-30-32-35-38-41-44-47-56(60)65-51-55(69-58(62)49-46-43-40-37-34-31-28-26-23-20-17-14-11-8-5-2)53-67-70(63,64)66-52-54(50-59)68-57(61)48-45-42-39-36-33-29-24-21-18-15-12-9-6-3/h16,19,21,24-28,54-55,59H,4-15,17-18,20,22-23,29-53H2,1-3H3,(H,63,64)/b19-16-,24-21-,27-25-,28-26-. The van der Waals surface area contributed by atoms with Crippen molar-refractivity contribution in [3.05, 3.63) is 48.6 Å². The molecule has 0 rings (SSSR count). The van der Waals surface area contributed by atoms with Gasteiger partial charge in [-0.1, -0.05) is 191 Å². The highest BCUT2D eigenvalue weighted by Crippen LogP contribution is 2.43. The molecule has 0 saturated carbocycles. The molecule has 2 N–H and O–H groups in total. The van der Waals surface area contributed by atoms with Crippen LogP contribution in [0, 0.1) is 0 Å². The third kappa shape index (κ3) is 50.4. The number of ether oxygens (including phenoxy) is 3. The molecule has 0 aliphatic heterocycles. The van der Waals surface area contributed by atoms with Crippen LogP contribution in [0.5, 0.6) is 0 Å². The van der Waals surface area contributed by atoms with Crippen molar-refractivity contribution in [3.8, 4) is 0 Å². The van der Waals surface area contributed by atoms with E-state index in [1.54, 1.807) is 0 Å². The lowest BCUT2D eigenvalue weighted by Gasteiger charge is -2.21. The first-order valence-corrected chi connectivity index (χ1v) is 30.0. The quantitative estimate of drug-likeness (QED) is 0.0197. The first-order chi connectivity index (χ1) is 34.2. The number of rotatable bonds is 53. The fourth-order valence-electron chi connectivity index (χ4n) is 7.79.